The second kappa shape index (κ2) is 6.75. The Morgan fingerprint density at radius 3 is 2.80 bits per heavy atom. The highest BCUT2D eigenvalue weighted by Gasteiger charge is 2.17. The lowest BCUT2D eigenvalue weighted by molar-refractivity contribution is -0.144. The average molecular weight is 274 g/mol. The van der Waals surface area contributed by atoms with E-state index in [2.05, 4.69) is 4.98 Å². The van der Waals surface area contributed by atoms with Crippen LogP contribution in [0.5, 0.6) is 5.75 Å². The molecule has 0 aliphatic carbocycles. The van der Waals surface area contributed by atoms with Crippen LogP contribution in [0.15, 0.2) is 42.7 Å². The number of aromatic nitrogens is 2. The second-order valence-electron chi connectivity index (χ2n) is 4.36. The van der Waals surface area contributed by atoms with Crippen molar-refractivity contribution in [1.29, 1.82) is 0 Å². The maximum Gasteiger partial charge on any atom is 0.328 e. The summed E-state index contributed by atoms with van der Waals surface area (Å²) >= 11 is 0. The summed E-state index contributed by atoms with van der Waals surface area (Å²) in [6, 6.07) is 9.23. The molecule has 0 saturated carbocycles. The largest absolute Gasteiger partial charge is 0.493 e. The Morgan fingerprint density at radius 1 is 1.35 bits per heavy atom. The van der Waals surface area contributed by atoms with E-state index >= 15 is 0 Å². The maximum absolute atomic E-state index is 11.6. The molecular weight excluding hydrogens is 256 g/mol. The molecule has 0 aliphatic rings. The molecule has 1 aromatic heterocycles. The molecule has 1 heterocycles. The Kier molecular flexibility index (Phi) is 4.76. The molecule has 20 heavy (non-hydrogen) atoms. The molecule has 0 spiro atoms. The molecule has 0 N–H and O–H groups in total. The number of carbonyl (C=O) groups is 1. The number of nitrogens with zero attached hydrogens (tertiary/aromatic N) is 2. The molecule has 0 bridgehead atoms. The lowest BCUT2D eigenvalue weighted by Gasteiger charge is -2.14. The fraction of sp³-hybridized carbons (Fsp3) is 0.333. The zero-order valence-corrected chi connectivity index (χ0v) is 11.7. The Labute approximate surface area is 118 Å². The Bertz CT molecular complexity index is 551. The molecular formula is C15H18N2O3. The highest BCUT2D eigenvalue weighted by molar-refractivity contribution is 5.73. The maximum atomic E-state index is 11.6. The van der Waals surface area contributed by atoms with E-state index < -0.39 is 0 Å². The van der Waals surface area contributed by atoms with Crippen LogP contribution in [0.3, 0.4) is 0 Å². The Morgan fingerprint density at radius 2 is 2.10 bits per heavy atom. The van der Waals surface area contributed by atoms with Crippen LogP contribution in [0.2, 0.25) is 0 Å². The Balaban J connectivity index is 1.94. The Hall–Kier alpha value is -2.30. The number of ether oxygens (including phenoxy) is 2. The van der Waals surface area contributed by atoms with Crippen molar-refractivity contribution >= 4 is 5.97 Å². The standard InChI is InChI=1S/C15H18N2O3/c1-12(15(18)19-2)17-10-9-16-14(17)8-11-20-13-6-4-3-5-7-13/h3-7,9-10,12H,8,11H2,1-2H3. The molecule has 5 heteroatoms. The number of methoxy groups -OCH3 is 1. The topological polar surface area (TPSA) is 53.4 Å². The number of hydrogen-bond donors (Lipinski definition) is 0. The lowest BCUT2D eigenvalue weighted by atomic mass is 10.3. The van der Waals surface area contributed by atoms with Gasteiger partial charge in [-0.15, -0.1) is 0 Å². The average Bonchev–Trinajstić information content (AvgIpc) is 2.95. The minimum atomic E-state index is -0.380. The van der Waals surface area contributed by atoms with Crippen molar-refractivity contribution < 1.29 is 14.3 Å². The molecule has 0 saturated heterocycles. The summed E-state index contributed by atoms with van der Waals surface area (Å²) in [5.74, 6) is 1.35. The third-order valence-corrected chi connectivity index (χ3v) is 3.05. The van der Waals surface area contributed by atoms with Crippen molar-refractivity contribution in [2.45, 2.75) is 19.4 Å². The van der Waals surface area contributed by atoms with Crippen LogP contribution in [0, 0.1) is 0 Å². The van der Waals surface area contributed by atoms with Crippen LogP contribution in [0.1, 0.15) is 18.8 Å². The minimum Gasteiger partial charge on any atom is -0.493 e. The van der Waals surface area contributed by atoms with E-state index in [4.69, 9.17) is 9.47 Å². The van der Waals surface area contributed by atoms with E-state index in [1.165, 1.54) is 7.11 Å². The van der Waals surface area contributed by atoms with Gasteiger partial charge >= 0.3 is 5.97 Å². The highest BCUT2D eigenvalue weighted by atomic mass is 16.5. The summed E-state index contributed by atoms with van der Waals surface area (Å²) in [5, 5.41) is 0. The number of imidazole rings is 1. The third kappa shape index (κ3) is 3.38. The number of esters is 1. The molecule has 0 amide bonds. The van der Waals surface area contributed by atoms with Crippen LogP contribution in [0.25, 0.3) is 0 Å². The number of hydrogen-bond acceptors (Lipinski definition) is 4. The summed E-state index contributed by atoms with van der Waals surface area (Å²) in [7, 11) is 1.38. The van der Waals surface area contributed by atoms with Crippen molar-refractivity contribution in [2.75, 3.05) is 13.7 Å². The van der Waals surface area contributed by atoms with Gasteiger partial charge in [0.2, 0.25) is 0 Å². The van der Waals surface area contributed by atoms with Gasteiger partial charge in [-0.3, -0.25) is 0 Å². The van der Waals surface area contributed by atoms with E-state index in [0.29, 0.717) is 13.0 Å². The van der Waals surface area contributed by atoms with Gasteiger partial charge in [0.25, 0.3) is 0 Å². The van der Waals surface area contributed by atoms with Gasteiger partial charge in [0.1, 0.15) is 17.6 Å². The second-order valence-corrected chi connectivity index (χ2v) is 4.36. The fourth-order valence-corrected chi connectivity index (χ4v) is 1.95. The summed E-state index contributed by atoms with van der Waals surface area (Å²) in [6.45, 7) is 2.30. The molecule has 1 atom stereocenters. The van der Waals surface area contributed by atoms with E-state index in [-0.39, 0.29) is 12.0 Å². The summed E-state index contributed by atoms with van der Waals surface area (Å²) in [6.07, 6.45) is 4.08. The van der Waals surface area contributed by atoms with E-state index in [1.807, 2.05) is 30.3 Å². The van der Waals surface area contributed by atoms with Gasteiger partial charge in [-0.05, 0) is 19.1 Å². The van der Waals surface area contributed by atoms with Gasteiger partial charge < -0.3 is 14.0 Å². The summed E-state index contributed by atoms with van der Waals surface area (Å²) < 4.78 is 12.2. The van der Waals surface area contributed by atoms with Crippen molar-refractivity contribution in [3.05, 3.63) is 48.5 Å². The van der Waals surface area contributed by atoms with Crippen molar-refractivity contribution in [2.24, 2.45) is 0 Å². The molecule has 2 aromatic rings. The SMILES string of the molecule is COC(=O)C(C)n1ccnc1CCOc1ccccc1. The summed E-state index contributed by atoms with van der Waals surface area (Å²) in [5.41, 5.74) is 0. The van der Waals surface area contributed by atoms with Gasteiger partial charge in [-0.1, -0.05) is 18.2 Å². The van der Waals surface area contributed by atoms with E-state index in [9.17, 15) is 4.79 Å². The van der Waals surface area contributed by atoms with Crippen LogP contribution in [0.4, 0.5) is 0 Å². The molecule has 1 unspecified atom stereocenters. The molecule has 5 nitrogen and oxygen atoms in total. The number of rotatable bonds is 6. The quantitative estimate of drug-likeness (QED) is 0.758. The first-order chi connectivity index (χ1) is 9.72. The van der Waals surface area contributed by atoms with Crippen LogP contribution in [-0.2, 0) is 16.0 Å². The first-order valence-corrected chi connectivity index (χ1v) is 6.49. The van der Waals surface area contributed by atoms with E-state index in [0.717, 1.165) is 11.6 Å². The van der Waals surface area contributed by atoms with Gasteiger partial charge in [0.15, 0.2) is 0 Å². The smallest absolute Gasteiger partial charge is 0.328 e. The first-order valence-electron chi connectivity index (χ1n) is 6.49. The molecule has 1 aromatic carbocycles. The molecule has 0 fully saturated rings. The molecule has 0 aliphatic heterocycles. The van der Waals surface area contributed by atoms with Crippen LogP contribution in [-0.4, -0.2) is 29.2 Å². The molecule has 2 rings (SSSR count). The van der Waals surface area contributed by atoms with E-state index in [1.54, 1.807) is 23.9 Å². The number of para-hydroxylation sites is 1. The minimum absolute atomic E-state index is 0.284. The number of carbonyl (C=O) groups excluding carboxylic acids is 1. The van der Waals surface area contributed by atoms with Gasteiger partial charge in [-0.2, -0.15) is 0 Å². The van der Waals surface area contributed by atoms with Crippen LogP contribution < -0.4 is 4.74 Å². The lowest BCUT2D eigenvalue weighted by Crippen LogP contribution is -2.20. The fourth-order valence-electron chi connectivity index (χ4n) is 1.95. The zero-order valence-electron chi connectivity index (χ0n) is 11.7. The van der Waals surface area contributed by atoms with Gasteiger partial charge in [-0.25, -0.2) is 9.78 Å². The van der Waals surface area contributed by atoms with Crippen LogP contribution >= 0.6 is 0 Å². The molecule has 0 radical (unpaired) electrons. The van der Waals surface area contributed by atoms with Gasteiger partial charge in [0, 0.05) is 18.8 Å². The van der Waals surface area contributed by atoms with Gasteiger partial charge in [0.05, 0.1) is 13.7 Å². The predicted octanol–water partition coefficient (Wildman–Crippen LogP) is 2.24. The van der Waals surface area contributed by atoms with Crippen molar-refractivity contribution in [3.63, 3.8) is 0 Å². The first kappa shape index (κ1) is 14.1. The van der Waals surface area contributed by atoms with Crippen molar-refractivity contribution in [3.8, 4) is 5.75 Å². The molecule has 106 valence electrons. The highest BCUT2D eigenvalue weighted by Crippen LogP contribution is 2.13. The van der Waals surface area contributed by atoms with Crippen molar-refractivity contribution in [1.82, 2.24) is 9.55 Å². The summed E-state index contributed by atoms with van der Waals surface area (Å²) in [4.78, 5) is 15.8. The third-order valence-electron chi connectivity index (χ3n) is 3.05. The number of benzene rings is 1. The normalized spacial score (nSPS) is 11.9. The predicted molar refractivity (Wildman–Crippen MR) is 74.6 cm³/mol. The zero-order chi connectivity index (χ0) is 14.4. The monoisotopic (exact) mass is 274 g/mol.